The number of anilines is 3. The van der Waals surface area contributed by atoms with Gasteiger partial charge in [0.25, 0.3) is 0 Å². The summed E-state index contributed by atoms with van der Waals surface area (Å²) in [5.41, 5.74) is 0.483. The Morgan fingerprint density at radius 3 is 2.16 bits per heavy atom. The number of benzene rings is 4. The quantitative estimate of drug-likeness (QED) is 0.207. The summed E-state index contributed by atoms with van der Waals surface area (Å²) in [6.07, 6.45) is -1.04. The Kier molecular flexibility index (Phi) is 8.60. The van der Waals surface area contributed by atoms with E-state index in [0.29, 0.717) is 33.6 Å². The van der Waals surface area contributed by atoms with Crippen molar-refractivity contribution >= 4 is 33.0 Å². The molecule has 0 saturated heterocycles. The van der Waals surface area contributed by atoms with E-state index in [1.54, 1.807) is 57.5 Å². The Hall–Kier alpha value is -4.94. The number of hydrogen-bond donors (Lipinski definition) is 4. The summed E-state index contributed by atoms with van der Waals surface area (Å²) in [4.78, 5) is 22.1. The predicted molar refractivity (Wildman–Crippen MR) is 164 cm³/mol. The summed E-state index contributed by atoms with van der Waals surface area (Å²) in [6.45, 7) is 1.77. The van der Waals surface area contributed by atoms with Crippen molar-refractivity contribution < 1.29 is 22.7 Å². The summed E-state index contributed by atoms with van der Waals surface area (Å²) in [5, 5.41) is 10.2. The van der Waals surface area contributed by atoms with Gasteiger partial charge in [-0.15, -0.1) is 0 Å². The third kappa shape index (κ3) is 7.11. The maximum Gasteiger partial charge on any atom is 0.243 e. The largest absolute Gasteiger partial charge is 0.497 e. The Balaban J connectivity index is 1.39. The van der Waals surface area contributed by atoms with Crippen molar-refractivity contribution in [3.63, 3.8) is 0 Å². The fourth-order valence-electron chi connectivity index (χ4n) is 4.55. The molecular weight excluding hydrogens is 568 g/mol. The van der Waals surface area contributed by atoms with E-state index in [2.05, 4.69) is 20.7 Å². The highest BCUT2D eigenvalue weighted by molar-refractivity contribution is 7.89. The second-order valence-corrected chi connectivity index (χ2v) is 11.6. The summed E-state index contributed by atoms with van der Waals surface area (Å²) < 4.78 is 40.9. The Morgan fingerprint density at radius 2 is 1.47 bits per heavy atom. The molecule has 5 rings (SSSR count). The van der Waals surface area contributed by atoms with Gasteiger partial charge in [0.15, 0.2) is 11.8 Å². The first-order valence-corrected chi connectivity index (χ1v) is 14.9. The zero-order valence-electron chi connectivity index (χ0n) is 23.9. The van der Waals surface area contributed by atoms with Crippen LogP contribution in [0.2, 0.25) is 0 Å². The first-order chi connectivity index (χ1) is 20.7. The highest BCUT2D eigenvalue weighted by atomic mass is 32.2. The van der Waals surface area contributed by atoms with E-state index in [-0.39, 0.29) is 17.3 Å². The molecule has 1 aliphatic rings. The lowest BCUT2D eigenvalue weighted by molar-refractivity contribution is -0.114. The number of carbonyl (C=O) groups excluding carboxylic acids is 1. The smallest absolute Gasteiger partial charge is 0.243 e. The normalized spacial score (nSPS) is 17.4. The van der Waals surface area contributed by atoms with Gasteiger partial charge in [0.2, 0.25) is 15.9 Å². The van der Waals surface area contributed by atoms with Crippen molar-refractivity contribution in [1.82, 2.24) is 4.72 Å². The molecule has 4 N–H and O–H groups in total. The van der Waals surface area contributed by atoms with Crippen LogP contribution in [0.15, 0.2) is 112 Å². The molecule has 1 aliphatic heterocycles. The Bertz CT molecular complexity index is 1830. The third-order valence-corrected chi connectivity index (χ3v) is 8.11. The van der Waals surface area contributed by atoms with Gasteiger partial charge in [0.05, 0.1) is 36.4 Å². The van der Waals surface area contributed by atoms with Crippen LogP contribution in [0.25, 0.3) is 0 Å². The second kappa shape index (κ2) is 12.5. The van der Waals surface area contributed by atoms with Crippen molar-refractivity contribution in [3.05, 3.63) is 108 Å². The SMILES string of the molecule is COc1cc(NC2(C)N=c3ccccc3=NC2NS(=O)(=O)c2cccc(NC(=O)CNc3ccccc3)c2)cc(OC)c1. The molecule has 4 aromatic rings. The highest BCUT2D eigenvalue weighted by Gasteiger charge is 2.39. The summed E-state index contributed by atoms with van der Waals surface area (Å²) in [5.74, 6) is 0.775. The van der Waals surface area contributed by atoms with Crippen molar-refractivity contribution in [3.8, 4) is 11.5 Å². The van der Waals surface area contributed by atoms with Gasteiger partial charge in [-0.05, 0) is 49.4 Å². The average molecular weight is 601 g/mol. The van der Waals surface area contributed by atoms with E-state index in [9.17, 15) is 13.2 Å². The number of hydrogen-bond acceptors (Lipinski definition) is 9. The molecule has 4 aromatic carbocycles. The number of amides is 1. The molecule has 2 atom stereocenters. The van der Waals surface area contributed by atoms with Gasteiger partial charge in [0.1, 0.15) is 11.5 Å². The van der Waals surface area contributed by atoms with E-state index in [4.69, 9.17) is 19.5 Å². The first kappa shape index (κ1) is 29.5. The highest BCUT2D eigenvalue weighted by Crippen LogP contribution is 2.30. The van der Waals surface area contributed by atoms with E-state index in [1.807, 2.05) is 48.5 Å². The van der Waals surface area contributed by atoms with Crippen LogP contribution in [0.4, 0.5) is 17.1 Å². The minimum absolute atomic E-state index is 0.0141. The molecule has 12 heteroatoms. The zero-order chi connectivity index (χ0) is 30.5. The fourth-order valence-corrected chi connectivity index (χ4v) is 5.80. The molecule has 0 radical (unpaired) electrons. The van der Waals surface area contributed by atoms with E-state index < -0.39 is 21.9 Å². The lowest BCUT2D eigenvalue weighted by Crippen LogP contribution is -2.58. The van der Waals surface area contributed by atoms with E-state index in [0.717, 1.165) is 5.69 Å². The van der Waals surface area contributed by atoms with Gasteiger partial charge in [0, 0.05) is 35.3 Å². The average Bonchev–Trinajstić information content (AvgIpc) is 3.00. The molecule has 2 unspecified atom stereocenters. The van der Waals surface area contributed by atoms with Gasteiger partial charge in [-0.1, -0.05) is 36.4 Å². The molecule has 0 fully saturated rings. The van der Waals surface area contributed by atoms with E-state index in [1.165, 1.54) is 12.1 Å². The molecule has 0 aromatic heterocycles. The number of ether oxygens (including phenoxy) is 2. The van der Waals surface area contributed by atoms with Crippen molar-refractivity contribution in [2.75, 3.05) is 36.7 Å². The van der Waals surface area contributed by atoms with Crippen LogP contribution in [0, 0.1) is 0 Å². The second-order valence-electron chi connectivity index (χ2n) is 9.92. The van der Waals surface area contributed by atoms with Gasteiger partial charge < -0.3 is 25.4 Å². The number of nitrogens with one attached hydrogen (secondary N) is 4. The minimum Gasteiger partial charge on any atom is -0.497 e. The summed E-state index contributed by atoms with van der Waals surface area (Å²) >= 11 is 0. The molecule has 0 aliphatic carbocycles. The topological polar surface area (TPSA) is 143 Å². The van der Waals surface area contributed by atoms with Gasteiger partial charge in [-0.25, -0.2) is 8.42 Å². The van der Waals surface area contributed by atoms with Gasteiger partial charge in [-0.3, -0.25) is 14.8 Å². The van der Waals surface area contributed by atoms with Crippen LogP contribution in [0.1, 0.15) is 6.92 Å². The summed E-state index contributed by atoms with van der Waals surface area (Å²) in [6, 6.07) is 27.8. The molecule has 0 saturated carbocycles. The van der Waals surface area contributed by atoms with Crippen LogP contribution >= 0.6 is 0 Å². The van der Waals surface area contributed by atoms with E-state index >= 15 is 0 Å². The van der Waals surface area contributed by atoms with Gasteiger partial charge >= 0.3 is 0 Å². The third-order valence-electron chi connectivity index (χ3n) is 6.71. The number of fused-ring (bicyclic) bond motifs is 1. The first-order valence-electron chi connectivity index (χ1n) is 13.4. The molecular formula is C31H32N6O5S. The molecule has 0 spiro atoms. The summed E-state index contributed by atoms with van der Waals surface area (Å²) in [7, 11) is -1.03. The number of methoxy groups -OCH3 is 2. The lowest BCUT2D eigenvalue weighted by Gasteiger charge is -2.35. The molecule has 43 heavy (non-hydrogen) atoms. The van der Waals surface area contributed by atoms with Crippen LogP contribution in [-0.4, -0.2) is 46.9 Å². The Labute approximate surface area is 249 Å². The van der Waals surface area contributed by atoms with Crippen molar-refractivity contribution in [1.29, 1.82) is 0 Å². The number of nitrogens with zero attached hydrogens (tertiary/aromatic N) is 2. The van der Waals surface area contributed by atoms with Crippen LogP contribution in [0.5, 0.6) is 11.5 Å². The van der Waals surface area contributed by atoms with Crippen LogP contribution in [0.3, 0.4) is 0 Å². The van der Waals surface area contributed by atoms with Gasteiger partial charge in [-0.2, -0.15) is 4.72 Å². The Morgan fingerprint density at radius 1 is 0.814 bits per heavy atom. The number of carbonyl (C=O) groups is 1. The number of para-hydroxylation sites is 3. The molecule has 222 valence electrons. The monoisotopic (exact) mass is 600 g/mol. The van der Waals surface area contributed by atoms with Crippen LogP contribution < -0.4 is 40.9 Å². The number of sulfonamides is 1. The number of rotatable bonds is 11. The standard InChI is InChI=1S/C31H32N6O5S/c1-31(35-23-16-24(41-2)19-25(17-23)42-3)30(34-27-14-7-8-15-28(27)36-31)37-43(39,40)26-13-9-12-22(18-26)33-29(38)20-32-21-10-5-4-6-11-21/h4-19,30,32,35,37H,20H2,1-3H3,(H,33,38). The zero-order valence-corrected chi connectivity index (χ0v) is 24.7. The molecule has 1 heterocycles. The van der Waals surface area contributed by atoms with Crippen molar-refractivity contribution in [2.24, 2.45) is 9.98 Å². The predicted octanol–water partition coefficient (Wildman–Crippen LogP) is 3.14. The minimum atomic E-state index is -4.13. The lowest BCUT2D eigenvalue weighted by atomic mass is 10.1. The molecule has 1 amide bonds. The molecule has 11 nitrogen and oxygen atoms in total. The van der Waals surface area contributed by atoms with Crippen molar-refractivity contribution in [2.45, 2.75) is 23.6 Å². The maximum atomic E-state index is 13.7. The van der Waals surface area contributed by atoms with Crippen LogP contribution in [-0.2, 0) is 14.8 Å². The molecule has 0 bridgehead atoms. The maximum absolute atomic E-state index is 13.7. The fraction of sp³-hybridized carbons (Fsp3) is 0.194.